The Bertz CT molecular complexity index is 573. The maximum Gasteiger partial charge on any atom is 0.293 e. The lowest BCUT2D eigenvalue weighted by atomic mass is 10.2. The molecule has 0 saturated heterocycles. The van der Waals surface area contributed by atoms with Gasteiger partial charge in [0.25, 0.3) is 5.91 Å². The van der Waals surface area contributed by atoms with Gasteiger partial charge in [-0.3, -0.25) is 4.79 Å². The van der Waals surface area contributed by atoms with Gasteiger partial charge >= 0.3 is 0 Å². The molecule has 5 heteroatoms. The van der Waals surface area contributed by atoms with Gasteiger partial charge in [0.05, 0.1) is 5.69 Å². The number of hydrogen-bond acceptors (Lipinski definition) is 4. The van der Waals surface area contributed by atoms with Crippen molar-refractivity contribution in [3.05, 3.63) is 47.7 Å². The quantitative estimate of drug-likeness (QED) is 0.879. The van der Waals surface area contributed by atoms with Crippen molar-refractivity contribution in [1.29, 1.82) is 0 Å². The van der Waals surface area contributed by atoms with Gasteiger partial charge in [0.15, 0.2) is 6.39 Å². The summed E-state index contributed by atoms with van der Waals surface area (Å²) in [5.41, 5.74) is 2.49. The predicted octanol–water partition coefficient (Wildman–Crippen LogP) is 2.73. The van der Waals surface area contributed by atoms with Crippen LogP contribution in [0.3, 0.4) is 0 Å². The third-order valence-electron chi connectivity index (χ3n) is 2.88. The van der Waals surface area contributed by atoms with Crippen molar-refractivity contribution in [2.45, 2.75) is 33.4 Å². The molecule has 1 aromatic heterocycles. The highest BCUT2D eigenvalue weighted by Gasteiger charge is 2.13. The molecule has 1 amide bonds. The van der Waals surface area contributed by atoms with Gasteiger partial charge in [-0.05, 0) is 24.6 Å². The summed E-state index contributed by atoms with van der Waals surface area (Å²) in [6.07, 6.45) is 1.27. The number of nitrogens with one attached hydrogen (secondary N) is 2. The van der Waals surface area contributed by atoms with Gasteiger partial charge in [0.1, 0.15) is 0 Å². The minimum Gasteiger partial charge on any atom is -0.438 e. The number of oxazole rings is 1. The summed E-state index contributed by atoms with van der Waals surface area (Å²) in [5.74, 6) is -0.0383. The van der Waals surface area contributed by atoms with E-state index in [0.717, 1.165) is 12.2 Å². The van der Waals surface area contributed by atoms with Crippen molar-refractivity contribution in [2.75, 3.05) is 5.32 Å². The van der Waals surface area contributed by atoms with Crippen LogP contribution in [-0.4, -0.2) is 16.9 Å². The predicted molar refractivity (Wildman–Crippen MR) is 77.6 cm³/mol. The standard InChI is InChI=1S/C15H19N3O2/c1-10(2)16-8-12-4-6-13(7-5-12)18-15(19)14-11(3)17-9-20-14/h4-7,9-10,16H,8H2,1-3H3,(H,18,19). The van der Waals surface area contributed by atoms with E-state index < -0.39 is 0 Å². The van der Waals surface area contributed by atoms with E-state index in [1.807, 2.05) is 24.3 Å². The van der Waals surface area contributed by atoms with Crippen LogP contribution in [-0.2, 0) is 6.54 Å². The van der Waals surface area contributed by atoms with Crippen molar-refractivity contribution in [1.82, 2.24) is 10.3 Å². The first kappa shape index (κ1) is 14.3. The van der Waals surface area contributed by atoms with Crippen molar-refractivity contribution >= 4 is 11.6 Å². The van der Waals surface area contributed by atoms with E-state index >= 15 is 0 Å². The van der Waals surface area contributed by atoms with E-state index in [1.165, 1.54) is 12.0 Å². The zero-order chi connectivity index (χ0) is 14.5. The summed E-state index contributed by atoms with van der Waals surface area (Å²) in [6, 6.07) is 8.17. The fourth-order valence-electron chi connectivity index (χ4n) is 1.74. The fourth-order valence-corrected chi connectivity index (χ4v) is 1.74. The molecule has 1 aromatic carbocycles. The van der Waals surface area contributed by atoms with E-state index in [1.54, 1.807) is 6.92 Å². The molecule has 106 valence electrons. The summed E-state index contributed by atoms with van der Waals surface area (Å²) in [6.45, 7) is 6.76. The molecule has 0 fully saturated rings. The van der Waals surface area contributed by atoms with Gasteiger partial charge in [0.2, 0.25) is 5.76 Å². The lowest BCUT2D eigenvalue weighted by Gasteiger charge is -2.09. The second-order valence-electron chi connectivity index (χ2n) is 4.95. The third-order valence-corrected chi connectivity index (χ3v) is 2.88. The van der Waals surface area contributed by atoms with Crippen molar-refractivity contribution < 1.29 is 9.21 Å². The molecule has 0 aliphatic rings. The number of carbonyl (C=O) groups excluding carboxylic acids is 1. The normalized spacial score (nSPS) is 10.8. The van der Waals surface area contributed by atoms with Crippen molar-refractivity contribution in [2.24, 2.45) is 0 Å². The van der Waals surface area contributed by atoms with E-state index in [4.69, 9.17) is 4.42 Å². The number of anilines is 1. The number of amides is 1. The molecule has 1 heterocycles. The first-order chi connectivity index (χ1) is 9.56. The minimum absolute atomic E-state index is 0.246. The van der Waals surface area contributed by atoms with Crippen LogP contribution in [0.15, 0.2) is 35.1 Å². The lowest BCUT2D eigenvalue weighted by molar-refractivity contribution is 0.0996. The summed E-state index contributed by atoms with van der Waals surface area (Å²) in [4.78, 5) is 15.8. The van der Waals surface area contributed by atoms with Gasteiger partial charge < -0.3 is 15.1 Å². The highest BCUT2D eigenvalue weighted by molar-refractivity contribution is 6.02. The zero-order valence-corrected chi connectivity index (χ0v) is 11.9. The molecule has 20 heavy (non-hydrogen) atoms. The van der Waals surface area contributed by atoms with E-state index in [0.29, 0.717) is 11.7 Å². The van der Waals surface area contributed by atoms with Gasteiger partial charge in [-0.1, -0.05) is 26.0 Å². The van der Waals surface area contributed by atoms with Crippen LogP contribution < -0.4 is 10.6 Å². The van der Waals surface area contributed by atoms with E-state index in [9.17, 15) is 4.79 Å². The first-order valence-electron chi connectivity index (χ1n) is 6.60. The molecule has 0 spiro atoms. The van der Waals surface area contributed by atoms with Crippen LogP contribution in [0.4, 0.5) is 5.69 Å². The Labute approximate surface area is 118 Å². The maximum atomic E-state index is 11.9. The average molecular weight is 273 g/mol. The Morgan fingerprint density at radius 1 is 1.30 bits per heavy atom. The van der Waals surface area contributed by atoms with Crippen LogP contribution in [0.2, 0.25) is 0 Å². The van der Waals surface area contributed by atoms with Crippen LogP contribution in [0.5, 0.6) is 0 Å². The second kappa shape index (κ2) is 6.34. The third kappa shape index (κ3) is 3.68. The van der Waals surface area contributed by atoms with E-state index in [2.05, 4.69) is 29.5 Å². The number of aromatic nitrogens is 1. The number of hydrogen-bond donors (Lipinski definition) is 2. The smallest absolute Gasteiger partial charge is 0.293 e. The fraction of sp³-hybridized carbons (Fsp3) is 0.333. The van der Waals surface area contributed by atoms with Gasteiger partial charge in [-0.25, -0.2) is 4.98 Å². The Kier molecular flexibility index (Phi) is 4.53. The Hall–Kier alpha value is -2.14. The molecule has 0 unspecified atom stereocenters. The van der Waals surface area contributed by atoms with Crippen LogP contribution in [0.1, 0.15) is 35.7 Å². The number of carbonyl (C=O) groups is 1. The zero-order valence-electron chi connectivity index (χ0n) is 11.9. The minimum atomic E-state index is -0.284. The highest BCUT2D eigenvalue weighted by Crippen LogP contribution is 2.13. The first-order valence-corrected chi connectivity index (χ1v) is 6.60. The molecule has 2 N–H and O–H groups in total. The molecule has 0 aliphatic carbocycles. The largest absolute Gasteiger partial charge is 0.438 e. The van der Waals surface area contributed by atoms with Crippen LogP contribution in [0.25, 0.3) is 0 Å². The molecule has 0 bridgehead atoms. The molecule has 0 aliphatic heterocycles. The number of nitrogens with zero attached hydrogens (tertiary/aromatic N) is 1. The maximum absolute atomic E-state index is 11.9. The summed E-state index contributed by atoms with van der Waals surface area (Å²) >= 11 is 0. The number of rotatable bonds is 5. The summed E-state index contributed by atoms with van der Waals surface area (Å²) < 4.78 is 5.05. The molecular weight excluding hydrogens is 254 g/mol. The molecule has 2 aromatic rings. The highest BCUT2D eigenvalue weighted by atomic mass is 16.3. The SMILES string of the molecule is Cc1ncoc1C(=O)Nc1ccc(CNC(C)C)cc1. The lowest BCUT2D eigenvalue weighted by Crippen LogP contribution is -2.21. The van der Waals surface area contributed by atoms with Crippen molar-refractivity contribution in [3.63, 3.8) is 0 Å². The van der Waals surface area contributed by atoms with Crippen molar-refractivity contribution in [3.8, 4) is 0 Å². The number of aryl methyl sites for hydroxylation is 1. The van der Waals surface area contributed by atoms with Gasteiger partial charge in [-0.2, -0.15) is 0 Å². The average Bonchev–Trinajstić information content (AvgIpc) is 2.84. The van der Waals surface area contributed by atoms with Crippen LogP contribution >= 0.6 is 0 Å². The Morgan fingerprint density at radius 3 is 2.55 bits per heavy atom. The Balaban J connectivity index is 1.97. The molecule has 2 rings (SSSR count). The van der Waals surface area contributed by atoms with Crippen LogP contribution in [0, 0.1) is 6.92 Å². The molecule has 0 saturated carbocycles. The molecule has 0 atom stereocenters. The summed E-state index contributed by atoms with van der Waals surface area (Å²) in [7, 11) is 0. The van der Waals surface area contributed by atoms with E-state index in [-0.39, 0.29) is 11.7 Å². The molecule has 0 radical (unpaired) electrons. The number of benzene rings is 1. The van der Waals surface area contributed by atoms with Gasteiger partial charge in [-0.15, -0.1) is 0 Å². The topological polar surface area (TPSA) is 67.2 Å². The molecular formula is C15H19N3O2. The Morgan fingerprint density at radius 2 is 2.00 bits per heavy atom. The molecule has 5 nitrogen and oxygen atoms in total. The van der Waals surface area contributed by atoms with Gasteiger partial charge in [0, 0.05) is 18.3 Å². The summed E-state index contributed by atoms with van der Waals surface area (Å²) in [5, 5.41) is 6.13. The second-order valence-corrected chi connectivity index (χ2v) is 4.95. The monoisotopic (exact) mass is 273 g/mol.